The molecule has 1 heterocycles. The van der Waals surface area contributed by atoms with Crippen molar-refractivity contribution >= 4 is 15.8 Å². The van der Waals surface area contributed by atoms with Crippen LogP contribution in [0.5, 0.6) is 0 Å². The van der Waals surface area contributed by atoms with Crippen LogP contribution in [0.3, 0.4) is 0 Å². The monoisotopic (exact) mass is 255 g/mol. The van der Waals surface area contributed by atoms with Crippen LogP contribution in [0.2, 0.25) is 0 Å². The zero-order valence-corrected chi connectivity index (χ0v) is 10.8. The van der Waals surface area contributed by atoms with Crippen molar-refractivity contribution in [2.75, 3.05) is 12.4 Å². The van der Waals surface area contributed by atoms with Gasteiger partial charge in [0.15, 0.2) is 0 Å². The van der Waals surface area contributed by atoms with Crippen molar-refractivity contribution in [3.63, 3.8) is 0 Å². The lowest BCUT2D eigenvalue weighted by Crippen LogP contribution is -2.34. The van der Waals surface area contributed by atoms with E-state index < -0.39 is 10.0 Å². The number of nitrogens with zero attached hydrogens (tertiary/aromatic N) is 1. The molecule has 2 rings (SSSR count). The minimum atomic E-state index is -3.48. The minimum absolute atomic E-state index is 0.00934. The van der Waals surface area contributed by atoms with Gasteiger partial charge in [-0.15, -0.1) is 0 Å². The summed E-state index contributed by atoms with van der Waals surface area (Å²) in [5.41, 5.74) is 0. The summed E-state index contributed by atoms with van der Waals surface area (Å²) >= 11 is 0. The van der Waals surface area contributed by atoms with Gasteiger partial charge in [-0.3, -0.25) is 0 Å². The number of hydrogen-bond donors (Lipinski definition) is 2. The predicted octanol–water partition coefficient (Wildman–Crippen LogP) is 1.20. The van der Waals surface area contributed by atoms with E-state index in [2.05, 4.69) is 15.0 Å². The number of rotatable bonds is 5. The average molecular weight is 255 g/mol. The zero-order chi connectivity index (χ0) is 12.5. The first-order valence-electron chi connectivity index (χ1n) is 5.69. The van der Waals surface area contributed by atoms with Gasteiger partial charge in [-0.1, -0.05) is 0 Å². The second kappa shape index (κ2) is 4.62. The van der Waals surface area contributed by atoms with Gasteiger partial charge in [0, 0.05) is 19.3 Å². The molecule has 1 fully saturated rings. The van der Waals surface area contributed by atoms with Crippen LogP contribution in [0, 0.1) is 5.92 Å². The quantitative estimate of drug-likeness (QED) is 0.829. The Hall–Kier alpha value is -1.14. The molecule has 1 aromatic heterocycles. The summed E-state index contributed by atoms with van der Waals surface area (Å²) in [4.78, 5) is 4.20. The Kier molecular flexibility index (Phi) is 3.35. The lowest BCUT2D eigenvalue weighted by Gasteiger charge is -2.14. The predicted molar refractivity (Wildman–Crippen MR) is 66.3 cm³/mol. The Bertz CT molecular complexity index is 497. The minimum Gasteiger partial charge on any atom is -0.372 e. The number of anilines is 1. The third kappa shape index (κ3) is 2.76. The number of pyridine rings is 1. The van der Waals surface area contributed by atoms with Crippen molar-refractivity contribution in [2.24, 2.45) is 5.92 Å². The molecule has 0 aromatic carbocycles. The summed E-state index contributed by atoms with van der Waals surface area (Å²) in [6.07, 6.45) is 3.78. The Morgan fingerprint density at radius 2 is 2.18 bits per heavy atom. The molecule has 2 N–H and O–H groups in total. The Morgan fingerprint density at radius 3 is 2.76 bits per heavy atom. The lowest BCUT2D eigenvalue weighted by molar-refractivity contribution is 0.538. The van der Waals surface area contributed by atoms with Gasteiger partial charge in [-0.05, 0) is 37.8 Å². The molecule has 1 aliphatic carbocycles. The van der Waals surface area contributed by atoms with E-state index >= 15 is 0 Å². The smallest absolute Gasteiger partial charge is 0.244 e. The first-order chi connectivity index (χ1) is 8.04. The largest absolute Gasteiger partial charge is 0.372 e. The van der Waals surface area contributed by atoms with Crippen LogP contribution in [0.25, 0.3) is 0 Å². The Labute approximate surface area is 102 Å². The number of sulfonamides is 1. The molecule has 0 spiro atoms. The van der Waals surface area contributed by atoms with Crippen molar-refractivity contribution in [1.82, 2.24) is 9.71 Å². The molecule has 1 unspecified atom stereocenters. The van der Waals surface area contributed by atoms with E-state index in [1.165, 1.54) is 0 Å². The van der Waals surface area contributed by atoms with Crippen LogP contribution in [-0.4, -0.2) is 26.5 Å². The van der Waals surface area contributed by atoms with Crippen LogP contribution >= 0.6 is 0 Å². The number of hydrogen-bond acceptors (Lipinski definition) is 4. The topological polar surface area (TPSA) is 71.1 Å². The lowest BCUT2D eigenvalue weighted by atomic mass is 10.2. The molecule has 0 bridgehead atoms. The van der Waals surface area contributed by atoms with Crippen LogP contribution in [-0.2, 0) is 10.0 Å². The highest BCUT2D eigenvalue weighted by Crippen LogP contribution is 2.33. The summed E-state index contributed by atoms with van der Waals surface area (Å²) in [6, 6.07) is 3.17. The highest BCUT2D eigenvalue weighted by molar-refractivity contribution is 7.89. The molecule has 5 nitrogen and oxygen atoms in total. The second-order valence-electron chi connectivity index (χ2n) is 4.35. The average Bonchev–Trinajstić information content (AvgIpc) is 3.12. The fourth-order valence-corrected chi connectivity index (χ4v) is 3.27. The molecule has 0 aliphatic heterocycles. The molecule has 0 amide bonds. The summed E-state index contributed by atoms with van der Waals surface area (Å²) in [7, 11) is -1.82. The second-order valence-corrected chi connectivity index (χ2v) is 6.03. The molecule has 0 saturated heterocycles. The highest BCUT2D eigenvalue weighted by Gasteiger charge is 2.31. The Balaban J connectivity index is 2.24. The van der Waals surface area contributed by atoms with Gasteiger partial charge in [0.2, 0.25) is 10.0 Å². The number of aromatic nitrogens is 1. The molecule has 1 aromatic rings. The zero-order valence-electron chi connectivity index (χ0n) is 9.97. The first-order valence-corrected chi connectivity index (χ1v) is 7.18. The van der Waals surface area contributed by atoms with E-state index in [0.29, 0.717) is 11.7 Å². The maximum absolute atomic E-state index is 12.2. The molecule has 6 heteroatoms. The molecule has 1 aliphatic rings. The normalized spacial score (nSPS) is 17.8. The molecule has 17 heavy (non-hydrogen) atoms. The first kappa shape index (κ1) is 12.3. The standard InChI is InChI=1S/C11H17N3O2S/c1-8(9-5-6-9)14-17(15,16)10-4-3-7-13-11(10)12-2/h3-4,7-9,14H,5-6H2,1-2H3,(H,12,13). The van der Waals surface area contributed by atoms with Gasteiger partial charge in [0.1, 0.15) is 10.7 Å². The van der Waals surface area contributed by atoms with Gasteiger partial charge in [-0.25, -0.2) is 18.1 Å². The number of nitrogens with one attached hydrogen (secondary N) is 2. The van der Waals surface area contributed by atoms with Gasteiger partial charge < -0.3 is 5.32 Å². The van der Waals surface area contributed by atoms with E-state index in [4.69, 9.17) is 0 Å². The van der Waals surface area contributed by atoms with Crippen LogP contribution < -0.4 is 10.0 Å². The Morgan fingerprint density at radius 1 is 1.47 bits per heavy atom. The molecule has 94 valence electrons. The molecular weight excluding hydrogens is 238 g/mol. The SMILES string of the molecule is CNc1ncccc1S(=O)(=O)NC(C)C1CC1. The van der Waals surface area contributed by atoms with E-state index in [0.717, 1.165) is 12.8 Å². The highest BCUT2D eigenvalue weighted by atomic mass is 32.2. The van der Waals surface area contributed by atoms with Crippen LogP contribution in [0.4, 0.5) is 5.82 Å². The van der Waals surface area contributed by atoms with Gasteiger partial charge in [0.25, 0.3) is 0 Å². The fourth-order valence-electron chi connectivity index (χ4n) is 1.80. The third-order valence-electron chi connectivity index (χ3n) is 2.97. The van der Waals surface area contributed by atoms with Crippen LogP contribution in [0.1, 0.15) is 19.8 Å². The fraction of sp³-hybridized carbons (Fsp3) is 0.545. The molecule has 0 radical (unpaired) electrons. The van der Waals surface area contributed by atoms with E-state index in [9.17, 15) is 8.42 Å². The van der Waals surface area contributed by atoms with Crippen molar-refractivity contribution in [2.45, 2.75) is 30.7 Å². The van der Waals surface area contributed by atoms with Gasteiger partial charge in [0.05, 0.1) is 0 Å². The molecular formula is C11H17N3O2S. The van der Waals surface area contributed by atoms with Gasteiger partial charge >= 0.3 is 0 Å². The van der Waals surface area contributed by atoms with E-state index in [1.54, 1.807) is 25.4 Å². The summed E-state index contributed by atoms with van der Waals surface area (Å²) < 4.78 is 27.0. The van der Waals surface area contributed by atoms with Gasteiger partial charge in [-0.2, -0.15) is 0 Å². The van der Waals surface area contributed by atoms with E-state index in [1.807, 2.05) is 6.92 Å². The third-order valence-corrected chi connectivity index (χ3v) is 4.56. The van der Waals surface area contributed by atoms with Crippen molar-refractivity contribution in [3.8, 4) is 0 Å². The molecule has 1 saturated carbocycles. The van der Waals surface area contributed by atoms with Crippen LogP contribution in [0.15, 0.2) is 23.2 Å². The molecule has 1 atom stereocenters. The van der Waals surface area contributed by atoms with E-state index in [-0.39, 0.29) is 10.9 Å². The van der Waals surface area contributed by atoms with Crippen molar-refractivity contribution < 1.29 is 8.42 Å². The summed E-state index contributed by atoms with van der Waals surface area (Å²) in [6.45, 7) is 1.91. The maximum atomic E-state index is 12.2. The summed E-state index contributed by atoms with van der Waals surface area (Å²) in [5.74, 6) is 0.863. The maximum Gasteiger partial charge on any atom is 0.244 e. The van der Waals surface area contributed by atoms with Crippen molar-refractivity contribution in [1.29, 1.82) is 0 Å². The summed E-state index contributed by atoms with van der Waals surface area (Å²) in [5, 5.41) is 2.79. The van der Waals surface area contributed by atoms with Crippen molar-refractivity contribution in [3.05, 3.63) is 18.3 Å².